The van der Waals surface area contributed by atoms with Crippen molar-refractivity contribution in [2.45, 2.75) is 26.4 Å². The van der Waals surface area contributed by atoms with Crippen molar-refractivity contribution in [1.29, 1.82) is 0 Å². The van der Waals surface area contributed by atoms with Gasteiger partial charge in [0.05, 0.1) is 12.7 Å². The van der Waals surface area contributed by atoms with Crippen LogP contribution in [0.2, 0.25) is 0 Å². The number of para-hydroxylation sites is 1. The predicted molar refractivity (Wildman–Crippen MR) is 117 cm³/mol. The monoisotopic (exact) mass is 392 g/mol. The van der Waals surface area contributed by atoms with Crippen molar-refractivity contribution in [3.05, 3.63) is 84.4 Å². The number of benzene rings is 3. The molecule has 1 unspecified atom stereocenters. The molecule has 0 aromatic heterocycles. The first-order valence-corrected chi connectivity index (χ1v) is 10.6. The Bertz CT molecular complexity index is 945. The van der Waals surface area contributed by atoms with Crippen molar-refractivity contribution in [3.8, 4) is 5.75 Å². The average molecular weight is 392 g/mol. The first kappa shape index (κ1) is 20.1. The lowest BCUT2D eigenvalue weighted by atomic mass is 10.1. The number of hydrogen-bond donors (Lipinski definition) is 0. The maximum atomic E-state index is 13.0. The van der Waals surface area contributed by atoms with Gasteiger partial charge in [0.25, 0.3) is 0 Å². The molecule has 0 saturated heterocycles. The summed E-state index contributed by atoms with van der Waals surface area (Å²) in [5.41, 5.74) is 0.0442. The number of rotatable bonds is 5. The summed E-state index contributed by atoms with van der Waals surface area (Å²) in [7, 11) is 0.684. The fraction of sp³-hybridized carbons (Fsp3) is 0.208. The van der Waals surface area contributed by atoms with E-state index in [2.05, 4.69) is 18.2 Å². The average Bonchev–Trinajstić information content (AvgIpc) is 2.68. The van der Waals surface area contributed by atoms with Gasteiger partial charge in [-0.2, -0.15) is 0 Å². The number of carbonyl (C=O) groups excluding carboxylic acids is 1. The molecule has 3 rings (SSSR count). The second-order valence-corrected chi connectivity index (χ2v) is 9.51. The third-order valence-corrected chi connectivity index (χ3v) is 6.64. The molecule has 0 spiro atoms. The van der Waals surface area contributed by atoms with Crippen LogP contribution >= 0.6 is 7.92 Å². The van der Waals surface area contributed by atoms with Crippen LogP contribution in [0, 0.1) is 0 Å². The zero-order valence-electron chi connectivity index (χ0n) is 16.7. The molecule has 3 aromatic carbocycles. The van der Waals surface area contributed by atoms with Crippen LogP contribution in [0.5, 0.6) is 5.75 Å². The normalized spacial score (nSPS) is 12.3. The Labute approximate surface area is 168 Å². The molecule has 1 atom stereocenters. The maximum absolute atomic E-state index is 13.0. The Kier molecular flexibility index (Phi) is 6.16. The van der Waals surface area contributed by atoms with Gasteiger partial charge in [-0.15, -0.1) is 0 Å². The van der Waals surface area contributed by atoms with Crippen LogP contribution in [0.25, 0.3) is 0 Å². The summed E-state index contributed by atoms with van der Waals surface area (Å²) in [4.78, 5) is 13.0. The molecule has 0 fully saturated rings. The van der Waals surface area contributed by atoms with Gasteiger partial charge in [0.1, 0.15) is 11.4 Å². The van der Waals surface area contributed by atoms with Crippen molar-refractivity contribution in [3.63, 3.8) is 0 Å². The lowest BCUT2D eigenvalue weighted by Crippen LogP contribution is -2.30. The highest BCUT2D eigenvalue weighted by Gasteiger charge is 2.27. The minimum Gasteiger partial charge on any atom is -0.496 e. The van der Waals surface area contributed by atoms with Gasteiger partial charge in [-0.25, -0.2) is 4.79 Å². The van der Waals surface area contributed by atoms with Crippen molar-refractivity contribution in [1.82, 2.24) is 0 Å². The van der Waals surface area contributed by atoms with E-state index in [1.54, 1.807) is 7.11 Å². The van der Waals surface area contributed by atoms with E-state index in [4.69, 9.17) is 9.47 Å². The van der Waals surface area contributed by atoms with E-state index < -0.39 is 13.5 Å². The van der Waals surface area contributed by atoms with Gasteiger partial charge in [-0.3, -0.25) is 0 Å². The fourth-order valence-electron chi connectivity index (χ4n) is 2.97. The first-order chi connectivity index (χ1) is 13.4. The summed E-state index contributed by atoms with van der Waals surface area (Å²) >= 11 is 0. The second-order valence-electron chi connectivity index (χ2n) is 7.36. The van der Waals surface area contributed by atoms with E-state index >= 15 is 0 Å². The van der Waals surface area contributed by atoms with Crippen molar-refractivity contribution < 1.29 is 14.3 Å². The second kappa shape index (κ2) is 8.58. The number of ether oxygens (including phenoxy) is 2. The minimum absolute atomic E-state index is 0.304. The highest BCUT2D eigenvalue weighted by molar-refractivity contribution is 7.80. The molecule has 144 valence electrons. The Morgan fingerprint density at radius 2 is 1.36 bits per heavy atom. The van der Waals surface area contributed by atoms with Crippen LogP contribution in [0.4, 0.5) is 0 Å². The van der Waals surface area contributed by atoms with Crippen LogP contribution in [0.15, 0.2) is 78.9 Å². The standard InChI is InChI=1S/C24H25O3P/c1-24(2,3)27-23(25)19-14-8-10-16-21(19)28(18-12-6-5-7-13-18)22-17-11-9-15-20(22)26-4/h5-17H,1-4H3. The molecule has 0 heterocycles. The Hall–Kier alpha value is -2.64. The quantitative estimate of drug-likeness (QED) is 0.477. The third kappa shape index (κ3) is 4.61. The summed E-state index contributed by atoms with van der Waals surface area (Å²) in [6.07, 6.45) is 0. The zero-order valence-corrected chi connectivity index (χ0v) is 17.6. The van der Waals surface area contributed by atoms with Gasteiger partial charge >= 0.3 is 5.97 Å². The lowest BCUT2D eigenvalue weighted by molar-refractivity contribution is 0.00711. The van der Waals surface area contributed by atoms with Gasteiger partial charge in [0.15, 0.2) is 0 Å². The molecule has 0 aliphatic heterocycles. The molecule has 3 nitrogen and oxygen atoms in total. The molecule has 4 heteroatoms. The molecule has 0 N–H and O–H groups in total. The molecule has 28 heavy (non-hydrogen) atoms. The molecular formula is C24H25O3P. The zero-order chi connectivity index (χ0) is 20.1. The summed E-state index contributed by atoms with van der Waals surface area (Å²) in [6.45, 7) is 5.65. The van der Waals surface area contributed by atoms with Gasteiger partial charge in [-0.05, 0) is 51.4 Å². The topological polar surface area (TPSA) is 35.5 Å². The summed E-state index contributed by atoms with van der Waals surface area (Å²) < 4.78 is 11.3. The molecule has 0 aliphatic rings. The van der Waals surface area contributed by atoms with Gasteiger partial charge in [0, 0.05) is 5.30 Å². The number of esters is 1. The van der Waals surface area contributed by atoms with Crippen molar-refractivity contribution in [2.24, 2.45) is 0 Å². The lowest BCUT2D eigenvalue weighted by Gasteiger charge is -2.25. The fourth-order valence-corrected chi connectivity index (χ4v) is 5.52. The predicted octanol–water partition coefficient (Wildman–Crippen LogP) is 4.41. The van der Waals surface area contributed by atoms with E-state index in [1.165, 1.54) is 0 Å². The largest absolute Gasteiger partial charge is 0.496 e. The minimum atomic E-state index is -0.993. The molecular weight excluding hydrogens is 367 g/mol. The molecule has 0 radical (unpaired) electrons. The third-order valence-electron chi connectivity index (χ3n) is 4.10. The van der Waals surface area contributed by atoms with Crippen LogP contribution < -0.4 is 20.7 Å². The van der Waals surface area contributed by atoms with E-state index in [9.17, 15) is 4.79 Å². The number of carbonyl (C=O) groups is 1. The maximum Gasteiger partial charge on any atom is 0.339 e. The molecule has 0 saturated carbocycles. The highest BCUT2D eigenvalue weighted by atomic mass is 31.1. The van der Waals surface area contributed by atoms with Gasteiger partial charge < -0.3 is 9.47 Å². The van der Waals surface area contributed by atoms with E-state index in [0.29, 0.717) is 5.56 Å². The van der Waals surface area contributed by atoms with Crippen LogP contribution in [0.1, 0.15) is 31.1 Å². The number of hydrogen-bond acceptors (Lipinski definition) is 3. The molecule has 0 aliphatic carbocycles. The first-order valence-electron chi connectivity index (χ1n) is 9.21. The number of methoxy groups -OCH3 is 1. The molecule has 0 bridgehead atoms. The van der Waals surface area contributed by atoms with Crippen LogP contribution in [-0.4, -0.2) is 18.7 Å². The van der Waals surface area contributed by atoms with E-state index in [0.717, 1.165) is 21.7 Å². The SMILES string of the molecule is COc1ccccc1P(c1ccccc1)c1ccccc1C(=O)OC(C)(C)C. The Balaban J connectivity index is 2.19. The summed E-state index contributed by atoms with van der Waals surface area (Å²) in [6, 6.07) is 26.0. The van der Waals surface area contributed by atoms with E-state index in [1.807, 2.05) is 81.4 Å². The summed E-state index contributed by atoms with van der Waals surface area (Å²) in [5, 5.41) is 3.18. The van der Waals surface area contributed by atoms with Gasteiger partial charge in [-0.1, -0.05) is 66.7 Å². The van der Waals surface area contributed by atoms with E-state index in [-0.39, 0.29) is 5.97 Å². The van der Waals surface area contributed by atoms with Gasteiger partial charge in [0.2, 0.25) is 0 Å². The molecule has 3 aromatic rings. The Morgan fingerprint density at radius 1 is 0.786 bits per heavy atom. The smallest absolute Gasteiger partial charge is 0.339 e. The summed E-state index contributed by atoms with van der Waals surface area (Å²) in [5.74, 6) is 0.512. The van der Waals surface area contributed by atoms with Crippen molar-refractivity contribution in [2.75, 3.05) is 7.11 Å². The Morgan fingerprint density at radius 3 is 2.00 bits per heavy atom. The highest BCUT2D eigenvalue weighted by Crippen LogP contribution is 2.37. The van der Waals surface area contributed by atoms with Crippen LogP contribution in [-0.2, 0) is 4.74 Å². The molecule has 0 amide bonds. The van der Waals surface area contributed by atoms with Crippen LogP contribution in [0.3, 0.4) is 0 Å². The van der Waals surface area contributed by atoms with Crippen molar-refractivity contribution >= 4 is 29.8 Å².